The van der Waals surface area contributed by atoms with E-state index in [-0.39, 0.29) is 12.1 Å². The van der Waals surface area contributed by atoms with Crippen molar-refractivity contribution in [2.75, 3.05) is 19.3 Å². The average Bonchev–Trinajstić information content (AvgIpc) is 2.64. The van der Waals surface area contributed by atoms with E-state index < -0.39 is 10.0 Å². The fraction of sp³-hybridized carbons (Fsp3) is 1.00. The molecule has 2 aliphatic rings. The molecule has 5 nitrogen and oxygen atoms in total. The Morgan fingerprint density at radius 1 is 1.18 bits per heavy atom. The van der Waals surface area contributed by atoms with Gasteiger partial charge in [0.1, 0.15) is 0 Å². The maximum atomic E-state index is 11.4. The molecule has 2 fully saturated rings. The Morgan fingerprint density at radius 3 is 2.29 bits per heavy atom. The Labute approximate surface area is 103 Å². The summed E-state index contributed by atoms with van der Waals surface area (Å²) in [4.78, 5) is 0. The van der Waals surface area contributed by atoms with Crippen LogP contribution in [0.4, 0.5) is 0 Å². The molecule has 0 radical (unpaired) electrons. The Bertz CT molecular complexity index is 350. The van der Waals surface area contributed by atoms with Crippen LogP contribution >= 0.6 is 0 Å². The smallest absolute Gasteiger partial charge is 0.211 e. The monoisotopic (exact) mass is 262 g/mol. The molecule has 17 heavy (non-hydrogen) atoms. The molecular formula is C11H22N2O3S. The molecule has 1 aliphatic heterocycles. The van der Waals surface area contributed by atoms with Crippen molar-refractivity contribution in [1.29, 1.82) is 0 Å². The molecule has 100 valence electrons. The number of hydrogen-bond donors (Lipinski definition) is 2. The zero-order valence-electron chi connectivity index (χ0n) is 10.3. The van der Waals surface area contributed by atoms with Crippen LogP contribution in [0.5, 0.6) is 0 Å². The lowest BCUT2D eigenvalue weighted by Crippen LogP contribution is -2.49. The molecule has 0 aromatic carbocycles. The molecule has 1 saturated heterocycles. The maximum absolute atomic E-state index is 11.4. The third-order valence-electron chi connectivity index (χ3n) is 3.85. The molecule has 0 unspecified atom stereocenters. The first-order valence-corrected chi connectivity index (χ1v) is 8.21. The molecular weight excluding hydrogens is 240 g/mol. The summed E-state index contributed by atoms with van der Waals surface area (Å²) in [5.74, 6) is 0. The van der Waals surface area contributed by atoms with Gasteiger partial charge in [-0.05, 0) is 32.1 Å². The van der Waals surface area contributed by atoms with E-state index in [0.717, 1.165) is 32.1 Å². The molecule has 1 aliphatic carbocycles. The quantitative estimate of drug-likeness (QED) is 0.746. The minimum Gasteiger partial charge on any atom is -0.392 e. The van der Waals surface area contributed by atoms with E-state index in [9.17, 15) is 13.5 Å². The molecule has 0 spiro atoms. The highest BCUT2D eigenvalue weighted by molar-refractivity contribution is 7.88. The summed E-state index contributed by atoms with van der Waals surface area (Å²) in [6.45, 7) is 1.19. The number of rotatable bonds is 3. The Kier molecular flexibility index (Phi) is 4.07. The summed E-state index contributed by atoms with van der Waals surface area (Å²) in [5.41, 5.74) is 0. The highest BCUT2D eigenvalue weighted by atomic mass is 32.2. The van der Waals surface area contributed by atoms with Crippen molar-refractivity contribution in [3.8, 4) is 0 Å². The summed E-state index contributed by atoms with van der Waals surface area (Å²) in [5, 5.41) is 13.2. The fourth-order valence-corrected chi connectivity index (χ4v) is 3.67. The van der Waals surface area contributed by atoms with E-state index in [1.165, 1.54) is 10.6 Å². The van der Waals surface area contributed by atoms with Gasteiger partial charge in [-0.15, -0.1) is 0 Å². The highest BCUT2D eigenvalue weighted by Gasteiger charge is 2.30. The summed E-state index contributed by atoms with van der Waals surface area (Å²) in [6, 6.07) is 0.565. The van der Waals surface area contributed by atoms with Gasteiger partial charge in [0.25, 0.3) is 0 Å². The molecule has 2 N–H and O–H groups in total. The predicted octanol–water partition coefficient (Wildman–Crippen LogP) is -0.0866. The minimum atomic E-state index is -3.03. The molecule has 6 heteroatoms. The molecule has 0 aromatic rings. The maximum Gasteiger partial charge on any atom is 0.211 e. The summed E-state index contributed by atoms with van der Waals surface area (Å²) >= 11 is 0. The first kappa shape index (κ1) is 13.3. The zero-order chi connectivity index (χ0) is 12.5. The zero-order valence-corrected chi connectivity index (χ0v) is 11.1. The van der Waals surface area contributed by atoms with Crippen molar-refractivity contribution in [1.82, 2.24) is 9.62 Å². The molecule has 2 atom stereocenters. The van der Waals surface area contributed by atoms with Crippen molar-refractivity contribution >= 4 is 10.0 Å². The number of aliphatic hydroxyl groups excluding tert-OH is 1. The van der Waals surface area contributed by atoms with Crippen molar-refractivity contribution < 1.29 is 13.5 Å². The van der Waals surface area contributed by atoms with Gasteiger partial charge in [0.05, 0.1) is 12.4 Å². The number of nitrogens with one attached hydrogen (secondary N) is 1. The van der Waals surface area contributed by atoms with Gasteiger partial charge in [0.15, 0.2) is 0 Å². The first-order valence-electron chi connectivity index (χ1n) is 6.36. The minimum absolute atomic E-state index is 0.213. The van der Waals surface area contributed by atoms with Crippen LogP contribution in [0.1, 0.15) is 32.1 Å². The Hall–Kier alpha value is -0.170. The van der Waals surface area contributed by atoms with Crippen LogP contribution in [0.3, 0.4) is 0 Å². The lowest BCUT2D eigenvalue weighted by atomic mass is 10.0. The number of piperidine rings is 1. The van der Waals surface area contributed by atoms with E-state index >= 15 is 0 Å². The van der Waals surface area contributed by atoms with Crippen molar-refractivity contribution in [2.24, 2.45) is 0 Å². The second kappa shape index (κ2) is 5.22. The summed E-state index contributed by atoms with van der Waals surface area (Å²) in [7, 11) is -3.03. The van der Waals surface area contributed by atoms with Crippen molar-refractivity contribution in [2.45, 2.75) is 50.3 Å². The average molecular weight is 262 g/mol. The largest absolute Gasteiger partial charge is 0.392 e. The van der Waals surface area contributed by atoms with E-state index in [0.29, 0.717) is 19.1 Å². The van der Waals surface area contributed by atoms with Crippen LogP contribution in [-0.2, 0) is 10.0 Å². The second-order valence-corrected chi connectivity index (χ2v) is 7.19. The van der Waals surface area contributed by atoms with Gasteiger partial charge in [-0.3, -0.25) is 0 Å². The van der Waals surface area contributed by atoms with Gasteiger partial charge >= 0.3 is 0 Å². The summed E-state index contributed by atoms with van der Waals surface area (Å²) in [6.07, 6.45) is 5.74. The first-order chi connectivity index (χ1) is 7.97. The standard InChI is InChI=1S/C11H22N2O3S/c1-17(15,16)13-7-5-9(6-8-13)12-10-3-2-4-11(10)14/h9-12,14H,2-8H2,1H3/t10-,11-/m0/s1. The lowest BCUT2D eigenvalue weighted by molar-refractivity contribution is 0.135. The van der Waals surface area contributed by atoms with Gasteiger partial charge < -0.3 is 10.4 Å². The Morgan fingerprint density at radius 2 is 1.82 bits per heavy atom. The lowest BCUT2D eigenvalue weighted by Gasteiger charge is -2.33. The third kappa shape index (κ3) is 3.40. The Balaban J connectivity index is 1.79. The number of sulfonamides is 1. The molecule has 2 rings (SSSR count). The molecule has 1 heterocycles. The van der Waals surface area contributed by atoms with Crippen molar-refractivity contribution in [3.05, 3.63) is 0 Å². The molecule has 1 saturated carbocycles. The van der Waals surface area contributed by atoms with E-state index in [1.54, 1.807) is 0 Å². The third-order valence-corrected chi connectivity index (χ3v) is 5.16. The van der Waals surface area contributed by atoms with Crippen LogP contribution in [0.25, 0.3) is 0 Å². The van der Waals surface area contributed by atoms with Crippen LogP contribution in [0.2, 0.25) is 0 Å². The fourth-order valence-electron chi connectivity index (χ4n) is 2.79. The number of hydrogen-bond acceptors (Lipinski definition) is 4. The van der Waals surface area contributed by atoms with Gasteiger partial charge in [0.2, 0.25) is 10.0 Å². The van der Waals surface area contributed by atoms with Crippen LogP contribution in [0.15, 0.2) is 0 Å². The van der Waals surface area contributed by atoms with Crippen molar-refractivity contribution in [3.63, 3.8) is 0 Å². The second-order valence-electron chi connectivity index (χ2n) is 5.21. The molecule has 0 aromatic heterocycles. The normalized spacial score (nSPS) is 33.1. The molecule has 0 amide bonds. The highest BCUT2D eigenvalue weighted by Crippen LogP contribution is 2.21. The predicted molar refractivity (Wildman–Crippen MR) is 66.2 cm³/mol. The van der Waals surface area contributed by atoms with Crippen LogP contribution < -0.4 is 5.32 Å². The van der Waals surface area contributed by atoms with Gasteiger partial charge in [-0.25, -0.2) is 12.7 Å². The number of aliphatic hydroxyl groups is 1. The number of nitrogens with zero attached hydrogens (tertiary/aromatic N) is 1. The van der Waals surface area contributed by atoms with E-state index in [1.807, 2.05) is 0 Å². The molecule has 0 bridgehead atoms. The van der Waals surface area contributed by atoms with E-state index in [4.69, 9.17) is 0 Å². The van der Waals surface area contributed by atoms with Gasteiger partial charge in [-0.1, -0.05) is 0 Å². The van der Waals surface area contributed by atoms with Crippen LogP contribution in [0, 0.1) is 0 Å². The van der Waals surface area contributed by atoms with E-state index in [2.05, 4.69) is 5.32 Å². The SMILES string of the molecule is CS(=O)(=O)N1CCC(N[C@H]2CCC[C@@H]2O)CC1. The van der Waals surface area contributed by atoms with Gasteiger partial charge in [-0.2, -0.15) is 0 Å². The van der Waals surface area contributed by atoms with Gasteiger partial charge in [0, 0.05) is 25.2 Å². The topological polar surface area (TPSA) is 69.6 Å². The summed E-state index contributed by atoms with van der Waals surface area (Å²) < 4.78 is 24.2. The van der Waals surface area contributed by atoms with Crippen LogP contribution in [-0.4, -0.2) is 55.4 Å².